The van der Waals surface area contributed by atoms with Crippen LogP contribution in [0.1, 0.15) is 0 Å². The van der Waals surface area contributed by atoms with E-state index in [1.807, 2.05) is 0 Å². The molecule has 3 heterocycles. The van der Waals surface area contributed by atoms with Crippen molar-refractivity contribution >= 4 is 19.3 Å². The van der Waals surface area contributed by atoms with Gasteiger partial charge in [-0.15, -0.1) is 0 Å². The fourth-order valence-corrected chi connectivity index (χ4v) is 3.49. The van der Waals surface area contributed by atoms with Crippen LogP contribution in [-0.4, -0.2) is 74.8 Å². The zero-order valence-electron chi connectivity index (χ0n) is 12.5. The molecule has 0 saturated carbocycles. The molecule has 2 aliphatic rings. The van der Waals surface area contributed by atoms with Crippen molar-refractivity contribution in [1.29, 1.82) is 0 Å². The standard InChI is InChI=1S/C11H17N4O8P/c1-14-4-15(9-6(14)10(18)13-3-12-9)11-7(17)8(5(2-16)22-11)23-24(19,20)21/h3,5,7-8,11,16-17H,2,4H2,1H3,(H,12,13,18)(H2,19,20,21)/t5-,7-,8-,11-/m1/s1. The predicted molar refractivity (Wildman–Crippen MR) is 79.3 cm³/mol. The summed E-state index contributed by atoms with van der Waals surface area (Å²) in [6.07, 6.45) is -3.96. The highest BCUT2D eigenvalue weighted by Gasteiger charge is 2.51. The van der Waals surface area contributed by atoms with Gasteiger partial charge in [-0.1, -0.05) is 0 Å². The van der Waals surface area contributed by atoms with Crippen LogP contribution in [0.4, 0.5) is 11.5 Å². The predicted octanol–water partition coefficient (Wildman–Crippen LogP) is -2.46. The minimum atomic E-state index is -4.90. The van der Waals surface area contributed by atoms with Crippen LogP contribution in [0.15, 0.2) is 11.1 Å². The molecule has 12 nitrogen and oxygen atoms in total. The molecule has 3 rings (SSSR count). The number of H-pyrrole nitrogens is 1. The molecule has 0 amide bonds. The van der Waals surface area contributed by atoms with E-state index in [1.165, 1.54) is 11.2 Å². The van der Waals surface area contributed by atoms with Crippen LogP contribution in [0.5, 0.6) is 0 Å². The van der Waals surface area contributed by atoms with E-state index in [1.54, 1.807) is 11.9 Å². The molecule has 1 aromatic heterocycles. The summed E-state index contributed by atoms with van der Waals surface area (Å²) >= 11 is 0. The number of anilines is 2. The van der Waals surface area contributed by atoms with E-state index in [9.17, 15) is 19.6 Å². The van der Waals surface area contributed by atoms with E-state index in [4.69, 9.17) is 14.5 Å². The molecule has 0 radical (unpaired) electrons. The molecule has 134 valence electrons. The van der Waals surface area contributed by atoms with Crippen LogP contribution in [0.2, 0.25) is 0 Å². The van der Waals surface area contributed by atoms with Crippen molar-refractivity contribution in [3.8, 4) is 0 Å². The third-order valence-electron chi connectivity index (χ3n) is 3.88. The first-order valence-electron chi connectivity index (χ1n) is 6.96. The fraction of sp³-hybridized carbons (Fsp3) is 0.636. The lowest BCUT2D eigenvalue weighted by molar-refractivity contribution is -0.0218. The SMILES string of the molecule is CN1CN([C@@H]2O[C@H](CO)[C@@H](OP(=O)(O)O)[C@H]2O)c2nc[nH]c(=O)c21. The molecule has 5 N–H and O–H groups in total. The number of phosphoric acid groups is 1. The van der Waals surface area contributed by atoms with Crippen LogP contribution in [0, 0.1) is 0 Å². The molecule has 1 aromatic rings. The van der Waals surface area contributed by atoms with Gasteiger partial charge in [-0.3, -0.25) is 9.32 Å². The van der Waals surface area contributed by atoms with E-state index < -0.39 is 39.0 Å². The number of hydrogen-bond donors (Lipinski definition) is 5. The van der Waals surface area contributed by atoms with Gasteiger partial charge in [-0.05, 0) is 0 Å². The summed E-state index contributed by atoms with van der Waals surface area (Å²) in [5.41, 5.74) is -0.104. The van der Waals surface area contributed by atoms with Crippen molar-refractivity contribution < 1.29 is 33.8 Å². The maximum Gasteiger partial charge on any atom is 0.470 e. The van der Waals surface area contributed by atoms with Crippen LogP contribution in [-0.2, 0) is 13.8 Å². The summed E-state index contributed by atoms with van der Waals surface area (Å²) in [5.74, 6) is 0.249. The molecule has 1 saturated heterocycles. The smallest absolute Gasteiger partial charge is 0.394 e. The molecular weight excluding hydrogens is 347 g/mol. The molecule has 0 aromatic carbocycles. The summed E-state index contributed by atoms with van der Waals surface area (Å²) in [6, 6.07) is 0. The Morgan fingerprint density at radius 3 is 2.88 bits per heavy atom. The molecule has 0 bridgehead atoms. The number of rotatable bonds is 4. The van der Waals surface area contributed by atoms with E-state index in [0.717, 1.165) is 0 Å². The Balaban J connectivity index is 1.91. The van der Waals surface area contributed by atoms with Crippen LogP contribution in [0.3, 0.4) is 0 Å². The Morgan fingerprint density at radius 1 is 1.54 bits per heavy atom. The van der Waals surface area contributed by atoms with E-state index in [-0.39, 0.29) is 23.7 Å². The van der Waals surface area contributed by atoms with Gasteiger partial charge in [0.25, 0.3) is 5.56 Å². The minimum absolute atomic E-state index is 0.151. The summed E-state index contributed by atoms with van der Waals surface area (Å²) in [6.45, 7) is -0.463. The molecule has 4 atom stereocenters. The Hall–Kier alpha value is -1.53. The summed E-state index contributed by atoms with van der Waals surface area (Å²) in [7, 11) is -3.25. The van der Waals surface area contributed by atoms with Gasteiger partial charge >= 0.3 is 7.82 Å². The molecule has 24 heavy (non-hydrogen) atoms. The highest BCUT2D eigenvalue weighted by molar-refractivity contribution is 7.46. The second kappa shape index (κ2) is 6.08. The number of aromatic amines is 1. The van der Waals surface area contributed by atoms with Crippen molar-refractivity contribution in [3.05, 3.63) is 16.7 Å². The second-order valence-corrected chi connectivity index (χ2v) is 6.70. The zero-order chi connectivity index (χ0) is 17.6. The molecule has 1 fully saturated rings. The highest BCUT2D eigenvalue weighted by Crippen LogP contribution is 2.43. The molecule has 0 unspecified atom stereocenters. The van der Waals surface area contributed by atoms with E-state index in [2.05, 4.69) is 14.5 Å². The number of aromatic nitrogens is 2. The summed E-state index contributed by atoms with van der Waals surface area (Å²) in [5, 5.41) is 19.7. The maximum atomic E-state index is 11.9. The van der Waals surface area contributed by atoms with Gasteiger partial charge in [0.15, 0.2) is 12.0 Å². The summed E-state index contributed by atoms with van der Waals surface area (Å²) < 4.78 is 21.1. The van der Waals surface area contributed by atoms with Crippen molar-refractivity contribution in [2.45, 2.75) is 24.5 Å². The number of aliphatic hydroxyl groups excluding tert-OH is 2. The van der Waals surface area contributed by atoms with Gasteiger partial charge in [0.1, 0.15) is 24.0 Å². The summed E-state index contributed by atoms with van der Waals surface area (Å²) in [4.78, 5) is 39.4. The van der Waals surface area contributed by atoms with Crippen molar-refractivity contribution in [3.63, 3.8) is 0 Å². The average molecular weight is 364 g/mol. The first kappa shape index (κ1) is 17.3. The Kier molecular flexibility index (Phi) is 4.38. The van der Waals surface area contributed by atoms with Crippen molar-refractivity contribution in [2.75, 3.05) is 30.1 Å². The number of fused-ring (bicyclic) bond motifs is 1. The second-order valence-electron chi connectivity index (χ2n) is 5.51. The van der Waals surface area contributed by atoms with Crippen LogP contribution < -0.4 is 15.4 Å². The lowest BCUT2D eigenvalue weighted by Gasteiger charge is -2.27. The number of ether oxygens (including phenoxy) is 1. The third-order valence-corrected chi connectivity index (χ3v) is 4.40. The lowest BCUT2D eigenvalue weighted by atomic mass is 10.1. The molecule has 0 spiro atoms. The van der Waals surface area contributed by atoms with Gasteiger partial charge in [-0.25, -0.2) is 9.55 Å². The molecule has 2 aliphatic heterocycles. The number of hydrogen-bond acceptors (Lipinski definition) is 9. The lowest BCUT2D eigenvalue weighted by Crippen LogP contribution is -2.46. The maximum absolute atomic E-state index is 11.9. The van der Waals surface area contributed by atoms with Crippen molar-refractivity contribution in [2.24, 2.45) is 0 Å². The number of phosphoric ester groups is 1. The molecule has 13 heteroatoms. The average Bonchev–Trinajstić information content (AvgIpc) is 2.97. The first-order chi connectivity index (χ1) is 11.2. The Labute approximate surface area is 135 Å². The molecular formula is C11H17N4O8P. The monoisotopic (exact) mass is 364 g/mol. The Bertz CT molecular complexity index is 722. The number of nitrogens with zero attached hydrogens (tertiary/aromatic N) is 3. The third kappa shape index (κ3) is 2.93. The van der Waals surface area contributed by atoms with Gasteiger partial charge in [0, 0.05) is 7.05 Å². The minimum Gasteiger partial charge on any atom is -0.394 e. The van der Waals surface area contributed by atoms with Crippen LogP contribution >= 0.6 is 7.82 Å². The van der Waals surface area contributed by atoms with Gasteiger partial charge in [0.05, 0.1) is 19.6 Å². The van der Waals surface area contributed by atoms with E-state index >= 15 is 0 Å². The molecule has 0 aliphatic carbocycles. The van der Waals surface area contributed by atoms with Gasteiger partial charge < -0.3 is 39.5 Å². The highest BCUT2D eigenvalue weighted by atomic mass is 31.2. The first-order valence-corrected chi connectivity index (χ1v) is 8.49. The van der Waals surface area contributed by atoms with Crippen LogP contribution in [0.25, 0.3) is 0 Å². The zero-order valence-corrected chi connectivity index (χ0v) is 13.4. The quantitative estimate of drug-likeness (QED) is 0.359. The van der Waals surface area contributed by atoms with Gasteiger partial charge in [0.2, 0.25) is 0 Å². The largest absolute Gasteiger partial charge is 0.470 e. The topological polar surface area (TPSA) is 169 Å². The fourth-order valence-electron chi connectivity index (χ4n) is 2.92. The van der Waals surface area contributed by atoms with Crippen molar-refractivity contribution in [1.82, 2.24) is 9.97 Å². The Morgan fingerprint density at radius 2 is 2.25 bits per heavy atom. The van der Waals surface area contributed by atoms with E-state index in [0.29, 0.717) is 0 Å². The normalized spacial score (nSPS) is 30.0. The number of nitrogens with one attached hydrogen (secondary N) is 1. The number of aliphatic hydroxyl groups is 2. The van der Waals surface area contributed by atoms with Gasteiger partial charge in [-0.2, -0.15) is 0 Å².